The highest BCUT2D eigenvalue weighted by Gasteiger charge is 2.28. The summed E-state index contributed by atoms with van der Waals surface area (Å²) in [5.74, 6) is -0.193. The molecule has 29 heavy (non-hydrogen) atoms. The number of carbonyl (C=O) groups is 2. The molecule has 0 radical (unpaired) electrons. The van der Waals surface area contributed by atoms with Crippen LogP contribution >= 0.6 is 11.3 Å². The van der Waals surface area contributed by atoms with Gasteiger partial charge in [-0.2, -0.15) is 0 Å². The van der Waals surface area contributed by atoms with Crippen LogP contribution in [0.2, 0.25) is 0 Å². The maximum Gasteiger partial charge on any atom is 0.408 e. The Kier molecular flexibility index (Phi) is 8.67. The molecule has 0 fully saturated rings. The first-order valence-corrected chi connectivity index (χ1v) is 10.5. The molecule has 1 heterocycles. The third-order valence-electron chi connectivity index (χ3n) is 4.07. The second-order valence-electron chi connectivity index (χ2n) is 7.73. The number of rotatable bonds is 9. The van der Waals surface area contributed by atoms with E-state index in [4.69, 9.17) is 9.47 Å². The van der Waals surface area contributed by atoms with Gasteiger partial charge in [0.15, 0.2) is 0 Å². The van der Waals surface area contributed by atoms with Crippen molar-refractivity contribution < 1.29 is 19.1 Å². The van der Waals surface area contributed by atoms with Gasteiger partial charge in [-0.05, 0) is 44.2 Å². The van der Waals surface area contributed by atoms with E-state index in [9.17, 15) is 9.59 Å². The van der Waals surface area contributed by atoms with E-state index in [2.05, 4.69) is 5.32 Å². The van der Waals surface area contributed by atoms with E-state index in [0.29, 0.717) is 13.1 Å². The molecule has 0 spiro atoms. The van der Waals surface area contributed by atoms with Crippen molar-refractivity contribution in [1.82, 2.24) is 10.2 Å². The van der Waals surface area contributed by atoms with Gasteiger partial charge in [0.1, 0.15) is 11.6 Å². The quantitative estimate of drug-likeness (QED) is 0.671. The third-order valence-corrected chi connectivity index (χ3v) is 4.94. The minimum Gasteiger partial charge on any atom is -0.444 e. The van der Waals surface area contributed by atoms with Gasteiger partial charge in [-0.1, -0.05) is 36.4 Å². The van der Waals surface area contributed by atoms with E-state index in [0.717, 1.165) is 16.9 Å². The van der Waals surface area contributed by atoms with Crippen molar-refractivity contribution in [3.8, 4) is 0 Å². The first-order valence-electron chi connectivity index (χ1n) is 9.62. The lowest BCUT2D eigenvalue weighted by Gasteiger charge is -2.28. The molecule has 1 atom stereocenters. The molecule has 2 rings (SSSR count). The highest BCUT2D eigenvalue weighted by Crippen LogP contribution is 2.14. The summed E-state index contributed by atoms with van der Waals surface area (Å²) in [7, 11) is 1.50. The monoisotopic (exact) mass is 418 g/mol. The van der Waals surface area contributed by atoms with Gasteiger partial charge in [0, 0.05) is 18.5 Å². The summed E-state index contributed by atoms with van der Waals surface area (Å²) in [6, 6.07) is 13.2. The minimum absolute atomic E-state index is 0.0738. The molecule has 0 aliphatic heterocycles. The second-order valence-corrected chi connectivity index (χ2v) is 8.76. The summed E-state index contributed by atoms with van der Waals surface area (Å²) in [6.07, 6.45) is 0.0939. The highest BCUT2D eigenvalue weighted by atomic mass is 32.1. The lowest BCUT2D eigenvalue weighted by molar-refractivity contribution is -0.135. The van der Waals surface area contributed by atoms with Crippen LogP contribution in [0.5, 0.6) is 0 Å². The van der Waals surface area contributed by atoms with Gasteiger partial charge < -0.3 is 19.7 Å². The summed E-state index contributed by atoms with van der Waals surface area (Å²) in [6.45, 7) is 6.44. The summed E-state index contributed by atoms with van der Waals surface area (Å²) in [5, 5.41) is 4.65. The fourth-order valence-corrected chi connectivity index (χ4v) is 3.50. The first-order chi connectivity index (χ1) is 13.8. The van der Waals surface area contributed by atoms with Gasteiger partial charge in [0.2, 0.25) is 5.91 Å². The normalized spacial score (nSPS) is 12.3. The van der Waals surface area contributed by atoms with E-state index < -0.39 is 17.7 Å². The van der Waals surface area contributed by atoms with E-state index in [-0.39, 0.29) is 12.5 Å². The third kappa shape index (κ3) is 8.25. The van der Waals surface area contributed by atoms with Gasteiger partial charge in [-0.3, -0.25) is 4.79 Å². The van der Waals surface area contributed by atoms with Crippen LogP contribution in [-0.4, -0.2) is 48.8 Å². The average Bonchev–Trinajstić information content (AvgIpc) is 3.16. The Balaban J connectivity index is 2.11. The molecule has 158 valence electrons. The predicted octanol–water partition coefficient (Wildman–Crippen LogP) is 3.86. The van der Waals surface area contributed by atoms with Gasteiger partial charge in [0.25, 0.3) is 0 Å². The number of ether oxygens (including phenoxy) is 2. The maximum absolute atomic E-state index is 13.3. The molecule has 0 saturated heterocycles. The zero-order chi connectivity index (χ0) is 21.3. The Bertz CT molecular complexity index is 757. The van der Waals surface area contributed by atoms with Crippen LogP contribution in [0.25, 0.3) is 0 Å². The van der Waals surface area contributed by atoms with Gasteiger partial charge >= 0.3 is 6.09 Å². The van der Waals surface area contributed by atoms with Gasteiger partial charge in [-0.25, -0.2) is 4.79 Å². The largest absolute Gasteiger partial charge is 0.444 e. The molecule has 0 unspecified atom stereocenters. The van der Waals surface area contributed by atoms with E-state index >= 15 is 0 Å². The number of nitrogens with one attached hydrogen (secondary N) is 1. The lowest BCUT2D eigenvalue weighted by Crippen LogP contribution is -2.52. The Morgan fingerprint density at radius 2 is 1.86 bits per heavy atom. The smallest absolute Gasteiger partial charge is 0.408 e. The van der Waals surface area contributed by atoms with Crippen molar-refractivity contribution in [2.24, 2.45) is 0 Å². The molecule has 7 heteroatoms. The summed E-state index contributed by atoms with van der Waals surface area (Å²) in [4.78, 5) is 28.3. The standard InChI is InChI=1S/C22H30N2O4S/c1-22(2,3)28-21(26)23-19(16-27-4)20(25)24(15-18-11-8-14-29-18)13-12-17-9-6-5-7-10-17/h5-11,14,19H,12-13,15-16H2,1-4H3,(H,23,26)/t19-/m1/s1. The Hall–Kier alpha value is -2.38. The number of methoxy groups -OCH3 is 1. The zero-order valence-corrected chi connectivity index (χ0v) is 18.3. The maximum atomic E-state index is 13.3. The van der Waals surface area contributed by atoms with Crippen molar-refractivity contribution >= 4 is 23.3 Å². The number of thiophene rings is 1. The predicted molar refractivity (Wildman–Crippen MR) is 115 cm³/mol. The number of carbonyl (C=O) groups excluding carboxylic acids is 2. The topological polar surface area (TPSA) is 67.9 Å². The number of hydrogen-bond donors (Lipinski definition) is 1. The molecule has 2 amide bonds. The van der Waals surface area contributed by atoms with Gasteiger partial charge in [-0.15, -0.1) is 11.3 Å². The van der Waals surface area contributed by atoms with E-state index in [1.165, 1.54) is 7.11 Å². The minimum atomic E-state index is -0.814. The number of nitrogens with zero attached hydrogens (tertiary/aromatic N) is 1. The molecule has 0 bridgehead atoms. The molecule has 1 N–H and O–H groups in total. The van der Waals surface area contributed by atoms with Gasteiger partial charge in [0.05, 0.1) is 13.2 Å². The Labute approximate surface area is 176 Å². The van der Waals surface area contributed by atoms with Crippen LogP contribution in [0.4, 0.5) is 4.79 Å². The molecular formula is C22H30N2O4S. The fourth-order valence-electron chi connectivity index (χ4n) is 2.78. The molecule has 0 aliphatic carbocycles. The Morgan fingerprint density at radius 1 is 1.14 bits per heavy atom. The van der Waals surface area contributed by atoms with Crippen LogP contribution in [-0.2, 0) is 27.2 Å². The Morgan fingerprint density at radius 3 is 2.45 bits per heavy atom. The van der Waals surface area contributed by atoms with Crippen LogP contribution in [0.3, 0.4) is 0 Å². The molecule has 0 aliphatic rings. The van der Waals surface area contributed by atoms with Crippen molar-refractivity contribution in [3.05, 3.63) is 58.3 Å². The van der Waals surface area contributed by atoms with Crippen LogP contribution in [0, 0.1) is 0 Å². The van der Waals surface area contributed by atoms with Crippen molar-refractivity contribution in [1.29, 1.82) is 0 Å². The van der Waals surface area contributed by atoms with Crippen LogP contribution < -0.4 is 5.32 Å². The number of benzene rings is 1. The number of alkyl carbamates (subject to hydrolysis) is 1. The fraction of sp³-hybridized carbons (Fsp3) is 0.455. The van der Waals surface area contributed by atoms with Crippen molar-refractivity contribution in [2.45, 2.75) is 45.4 Å². The second kappa shape index (κ2) is 11.0. The van der Waals surface area contributed by atoms with Crippen LogP contribution in [0.15, 0.2) is 47.8 Å². The van der Waals surface area contributed by atoms with Crippen LogP contribution in [0.1, 0.15) is 31.2 Å². The molecule has 0 saturated carbocycles. The SMILES string of the molecule is COC[C@@H](NC(=O)OC(C)(C)C)C(=O)N(CCc1ccccc1)Cc1cccs1. The molecule has 2 aromatic rings. The molecule has 1 aromatic heterocycles. The average molecular weight is 419 g/mol. The van der Waals surface area contributed by atoms with Crippen molar-refractivity contribution in [2.75, 3.05) is 20.3 Å². The van der Waals surface area contributed by atoms with E-state index in [1.807, 2.05) is 47.8 Å². The first kappa shape index (κ1) is 22.9. The summed E-state index contributed by atoms with van der Waals surface area (Å²) >= 11 is 1.60. The molecule has 6 nitrogen and oxygen atoms in total. The highest BCUT2D eigenvalue weighted by molar-refractivity contribution is 7.09. The molecular weight excluding hydrogens is 388 g/mol. The summed E-state index contributed by atoms with van der Waals surface area (Å²) in [5.41, 5.74) is 0.509. The number of hydrogen-bond acceptors (Lipinski definition) is 5. The number of amides is 2. The molecule has 1 aromatic carbocycles. The zero-order valence-electron chi connectivity index (χ0n) is 17.5. The summed E-state index contributed by atoms with van der Waals surface area (Å²) < 4.78 is 10.5. The van der Waals surface area contributed by atoms with E-state index in [1.54, 1.807) is 37.0 Å². The lowest BCUT2D eigenvalue weighted by atomic mass is 10.1. The van der Waals surface area contributed by atoms with Crippen molar-refractivity contribution in [3.63, 3.8) is 0 Å².